The molecule has 0 radical (unpaired) electrons. The normalized spacial score (nSPS) is 19.1. The van der Waals surface area contributed by atoms with Crippen LogP contribution in [0.15, 0.2) is 48.8 Å². The number of aromatic nitrogens is 1. The minimum atomic E-state index is -0.497. The molecule has 1 aliphatic heterocycles. The van der Waals surface area contributed by atoms with E-state index in [9.17, 15) is 4.79 Å². The standard InChI is InChI=1S/C20H25N3O/c1-15-7-2-3-8-16(15)13-18(21)20(24)23-12-5-4-10-19(23)17-9-6-11-22-14-17/h2-3,6-9,11,14,18-19H,4-5,10,12-13,21H2,1H3/t18-,19+/m0/s1. The molecule has 2 heterocycles. The molecule has 1 aromatic carbocycles. The molecule has 24 heavy (non-hydrogen) atoms. The minimum absolute atomic E-state index is 0.0480. The Balaban J connectivity index is 1.75. The van der Waals surface area contributed by atoms with Gasteiger partial charge in [0.05, 0.1) is 12.1 Å². The lowest BCUT2D eigenvalue weighted by Gasteiger charge is -2.37. The van der Waals surface area contributed by atoms with E-state index in [0.717, 1.165) is 36.9 Å². The van der Waals surface area contributed by atoms with Gasteiger partial charge in [-0.2, -0.15) is 0 Å². The Hall–Kier alpha value is -2.20. The summed E-state index contributed by atoms with van der Waals surface area (Å²) < 4.78 is 0. The predicted molar refractivity (Wildman–Crippen MR) is 95.4 cm³/mol. The van der Waals surface area contributed by atoms with E-state index in [2.05, 4.69) is 30.1 Å². The van der Waals surface area contributed by atoms with E-state index in [1.807, 2.05) is 29.3 Å². The van der Waals surface area contributed by atoms with Gasteiger partial charge in [0.25, 0.3) is 0 Å². The Bertz CT molecular complexity index is 686. The monoisotopic (exact) mass is 323 g/mol. The molecular formula is C20H25N3O. The highest BCUT2D eigenvalue weighted by molar-refractivity contribution is 5.82. The smallest absolute Gasteiger partial charge is 0.240 e. The molecule has 0 spiro atoms. The summed E-state index contributed by atoms with van der Waals surface area (Å²) in [5.41, 5.74) is 9.72. The van der Waals surface area contributed by atoms with Crippen molar-refractivity contribution in [3.05, 3.63) is 65.5 Å². The van der Waals surface area contributed by atoms with Gasteiger partial charge in [-0.1, -0.05) is 30.3 Å². The summed E-state index contributed by atoms with van der Waals surface area (Å²) in [6.07, 6.45) is 7.37. The summed E-state index contributed by atoms with van der Waals surface area (Å²) in [5.74, 6) is 0.0480. The molecule has 0 bridgehead atoms. The molecule has 0 unspecified atom stereocenters. The highest BCUT2D eigenvalue weighted by Gasteiger charge is 2.31. The van der Waals surface area contributed by atoms with E-state index >= 15 is 0 Å². The molecule has 0 aliphatic carbocycles. The first-order valence-corrected chi connectivity index (χ1v) is 8.67. The topological polar surface area (TPSA) is 59.2 Å². The van der Waals surface area contributed by atoms with Gasteiger partial charge in [-0.15, -0.1) is 0 Å². The average molecular weight is 323 g/mol. The van der Waals surface area contributed by atoms with Crippen LogP contribution < -0.4 is 5.73 Å². The molecule has 1 fully saturated rings. The Morgan fingerprint density at radius 3 is 2.88 bits per heavy atom. The number of carbonyl (C=O) groups excluding carboxylic acids is 1. The maximum atomic E-state index is 13.0. The molecule has 3 rings (SSSR count). The van der Waals surface area contributed by atoms with Crippen LogP contribution in [0.5, 0.6) is 0 Å². The van der Waals surface area contributed by atoms with E-state index in [0.29, 0.717) is 6.42 Å². The Morgan fingerprint density at radius 2 is 2.12 bits per heavy atom. The van der Waals surface area contributed by atoms with Crippen LogP contribution in [0.1, 0.15) is 42.0 Å². The second-order valence-electron chi connectivity index (χ2n) is 6.57. The first-order chi connectivity index (χ1) is 11.7. The van der Waals surface area contributed by atoms with E-state index in [4.69, 9.17) is 5.73 Å². The molecule has 4 heteroatoms. The van der Waals surface area contributed by atoms with Gasteiger partial charge >= 0.3 is 0 Å². The van der Waals surface area contributed by atoms with Gasteiger partial charge in [0, 0.05) is 18.9 Å². The number of hydrogen-bond acceptors (Lipinski definition) is 3. The van der Waals surface area contributed by atoms with E-state index in [1.165, 1.54) is 5.56 Å². The molecular weight excluding hydrogens is 298 g/mol. The van der Waals surface area contributed by atoms with Crippen molar-refractivity contribution >= 4 is 5.91 Å². The van der Waals surface area contributed by atoms with Crippen molar-refractivity contribution < 1.29 is 4.79 Å². The van der Waals surface area contributed by atoms with Crippen LogP contribution >= 0.6 is 0 Å². The fourth-order valence-corrected chi connectivity index (χ4v) is 3.49. The molecule has 4 nitrogen and oxygen atoms in total. The van der Waals surface area contributed by atoms with Crippen molar-refractivity contribution in [1.82, 2.24) is 9.88 Å². The molecule has 2 atom stereocenters. The van der Waals surface area contributed by atoms with E-state index < -0.39 is 6.04 Å². The highest BCUT2D eigenvalue weighted by Crippen LogP contribution is 2.31. The SMILES string of the molecule is Cc1ccccc1C[C@H](N)C(=O)N1CCCC[C@@H]1c1cccnc1. The summed E-state index contributed by atoms with van der Waals surface area (Å²) in [6, 6.07) is 11.7. The van der Waals surface area contributed by atoms with Gasteiger partial charge in [-0.3, -0.25) is 9.78 Å². The number of amides is 1. The van der Waals surface area contributed by atoms with Crippen LogP contribution in [0, 0.1) is 6.92 Å². The third-order valence-corrected chi connectivity index (χ3v) is 4.87. The number of piperidine rings is 1. The van der Waals surface area contributed by atoms with E-state index in [-0.39, 0.29) is 11.9 Å². The highest BCUT2D eigenvalue weighted by atomic mass is 16.2. The molecule has 126 valence electrons. The molecule has 0 saturated carbocycles. The minimum Gasteiger partial charge on any atom is -0.334 e. The molecule has 1 amide bonds. The van der Waals surface area contributed by atoms with E-state index in [1.54, 1.807) is 6.20 Å². The number of likely N-dealkylation sites (tertiary alicyclic amines) is 1. The van der Waals surface area contributed by atoms with Crippen molar-refractivity contribution in [3.8, 4) is 0 Å². The lowest BCUT2D eigenvalue weighted by atomic mass is 9.94. The summed E-state index contributed by atoms with van der Waals surface area (Å²) >= 11 is 0. The second-order valence-corrected chi connectivity index (χ2v) is 6.57. The van der Waals surface area contributed by atoms with Gasteiger partial charge in [-0.25, -0.2) is 0 Å². The van der Waals surface area contributed by atoms with Gasteiger partial charge in [0.1, 0.15) is 0 Å². The van der Waals surface area contributed by atoms with Crippen molar-refractivity contribution in [1.29, 1.82) is 0 Å². The number of rotatable bonds is 4. The predicted octanol–water partition coefficient (Wildman–Crippen LogP) is 3.01. The van der Waals surface area contributed by atoms with Crippen LogP contribution in [0.2, 0.25) is 0 Å². The van der Waals surface area contributed by atoms with Crippen LogP contribution in [0.3, 0.4) is 0 Å². The lowest BCUT2D eigenvalue weighted by molar-refractivity contribution is -0.136. The van der Waals surface area contributed by atoms with Crippen LogP contribution in [0.25, 0.3) is 0 Å². The first kappa shape index (κ1) is 16.7. The average Bonchev–Trinajstić information content (AvgIpc) is 2.63. The molecule has 1 aliphatic rings. The number of hydrogen-bond donors (Lipinski definition) is 1. The number of aryl methyl sites for hydroxylation is 1. The summed E-state index contributed by atoms with van der Waals surface area (Å²) in [5, 5.41) is 0. The fraction of sp³-hybridized carbons (Fsp3) is 0.400. The molecule has 1 saturated heterocycles. The number of benzene rings is 1. The third kappa shape index (κ3) is 3.65. The number of nitrogens with two attached hydrogens (primary N) is 1. The molecule has 2 N–H and O–H groups in total. The Kier molecular flexibility index (Phi) is 5.26. The van der Waals surface area contributed by atoms with Crippen molar-refractivity contribution in [3.63, 3.8) is 0 Å². The third-order valence-electron chi connectivity index (χ3n) is 4.87. The summed E-state index contributed by atoms with van der Waals surface area (Å²) in [4.78, 5) is 19.1. The van der Waals surface area contributed by atoms with Crippen LogP contribution in [-0.2, 0) is 11.2 Å². The Labute approximate surface area is 143 Å². The van der Waals surface area contributed by atoms with Gasteiger partial charge < -0.3 is 10.6 Å². The number of pyridine rings is 1. The number of carbonyl (C=O) groups is 1. The molecule has 2 aromatic rings. The second kappa shape index (κ2) is 7.58. The quantitative estimate of drug-likeness (QED) is 0.941. The fourth-order valence-electron chi connectivity index (χ4n) is 3.49. The number of nitrogens with zero attached hydrogens (tertiary/aromatic N) is 2. The zero-order valence-corrected chi connectivity index (χ0v) is 14.2. The molecule has 1 aromatic heterocycles. The Morgan fingerprint density at radius 1 is 1.29 bits per heavy atom. The van der Waals surface area contributed by atoms with Crippen LogP contribution in [-0.4, -0.2) is 28.4 Å². The first-order valence-electron chi connectivity index (χ1n) is 8.67. The zero-order valence-electron chi connectivity index (χ0n) is 14.2. The van der Waals surface area contributed by atoms with Crippen molar-refractivity contribution in [2.75, 3.05) is 6.54 Å². The zero-order chi connectivity index (χ0) is 16.9. The maximum absolute atomic E-state index is 13.0. The van der Waals surface area contributed by atoms with Crippen molar-refractivity contribution in [2.24, 2.45) is 5.73 Å². The summed E-state index contributed by atoms with van der Waals surface area (Å²) in [6.45, 7) is 2.84. The van der Waals surface area contributed by atoms with Gasteiger partial charge in [0.2, 0.25) is 5.91 Å². The van der Waals surface area contributed by atoms with Gasteiger partial charge in [0.15, 0.2) is 0 Å². The summed E-state index contributed by atoms with van der Waals surface area (Å²) in [7, 11) is 0. The maximum Gasteiger partial charge on any atom is 0.240 e. The van der Waals surface area contributed by atoms with Crippen LogP contribution in [0.4, 0.5) is 0 Å². The largest absolute Gasteiger partial charge is 0.334 e. The van der Waals surface area contributed by atoms with Gasteiger partial charge in [-0.05, 0) is 55.4 Å². The van der Waals surface area contributed by atoms with Crippen molar-refractivity contribution in [2.45, 2.75) is 44.7 Å². The lowest BCUT2D eigenvalue weighted by Crippen LogP contribution is -2.48.